The van der Waals surface area contributed by atoms with E-state index in [1.54, 1.807) is 0 Å². The molecule has 0 bridgehead atoms. The molecule has 0 radical (unpaired) electrons. The number of hydrogen-bond acceptors (Lipinski definition) is 15. The van der Waals surface area contributed by atoms with Crippen LogP contribution in [-0.4, -0.2) is 164 Å². The van der Waals surface area contributed by atoms with Gasteiger partial charge in [0.05, 0.1) is 38.6 Å². The molecule has 27 nitrogen and oxygen atoms in total. The van der Waals surface area contributed by atoms with Crippen LogP contribution in [0.3, 0.4) is 0 Å². The predicted octanol–water partition coefficient (Wildman–Crippen LogP) is -7.15. The van der Waals surface area contributed by atoms with Crippen molar-refractivity contribution >= 4 is 71.2 Å². The Morgan fingerprint density at radius 1 is 0.466 bits per heavy atom. The number of aliphatic carboxylic acids is 5. The Kier molecular flexibility index (Phi) is 24.1. The first-order chi connectivity index (χ1) is 27.1. The van der Waals surface area contributed by atoms with Gasteiger partial charge in [0.2, 0.25) is 41.4 Å². The minimum Gasteiger partial charge on any atom is -0.481 e. The monoisotopic (exact) mass is 835 g/mol. The van der Waals surface area contributed by atoms with Crippen molar-refractivity contribution < 1.29 is 88.2 Å². The van der Waals surface area contributed by atoms with Crippen molar-refractivity contribution in [3.8, 4) is 0 Å². The van der Waals surface area contributed by atoms with Crippen molar-refractivity contribution in [2.75, 3.05) is 26.2 Å². The summed E-state index contributed by atoms with van der Waals surface area (Å²) in [6.45, 7) is -2.57. The van der Waals surface area contributed by atoms with Gasteiger partial charge in [-0.25, -0.2) is 4.79 Å². The highest BCUT2D eigenvalue weighted by Crippen LogP contribution is 2.07. The van der Waals surface area contributed by atoms with Gasteiger partial charge in [-0.2, -0.15) is 0 Å². The van der Waals surface area contributed by atoms with Crippen LogP contribution in [-0.2, 0) is 57.5 Å². The average molecular weight is 836 g/mol. The SMILES string of the molecule is NCCCCC(NC(=O)C(CCC(=O)O)NC(=O)C(CC(=O)O)NC(=O)C(CCC(=O)O)NC(=O)CNC(=O)C(CO)NC(=O)CNC(=O)C(N)CC(=O)O)C(=O)O. The van der Waals surface area contributed by atoms with Gasteiger partial charge in [-0.3, -0.25) is 52.7 Å². The zero-order chi connectivity index (χ0) is 44.5. The quantitative estimate of drug-likeness (QED) is 0.0299. The zero-order valence-electron chi connectivity index (χ0n) is 30.9. The van der Waals surface area contributed by atoms with Gasteiger partial charge in [0.25, 0.3) is 0 Å². The zero-order valence-corrected chi connectivity index (χ0v) is 30.9. The Bertz CT molecular complexity index is 1530. The van der Waals surface area contributed by atoms with Gasteiger partial charge in [0, 0.05) is 12.8 Å². The summed E-state index contributed by atoms with van der Waals surface area (Å²) in [4.78, 5) is 145. The van der Waals surface area contributed by atoms with Gasteiger partial charge < -0.3 is 79.3 Å². The second-order valence-corrected chi connectivity index (χ2v) is 12.3. The lowest BCUT2D eigenvalue weighted by molar-refractivity contribution is -0.144. The van der Waals surface area contributed by atoms with E-state index >= 15 is 0 Å². The number of carbonyl (C=O) groups excluding carboxylic acids is 7. The van der Waals surface area contributed by atoms with Crippen LogP contribution in [0.2, 0.25) is 0 Å². The third-order valence-electron chi connectivity index (χ3n) is 7.56. The number of aliphatic hydroxyl groups excluding tert-OH is 1. The topological polar surface area (TPSA) is 462 Å². The van der Waals surface area contributed by atoms with Crippen molar-refractivity contribution in [3.05, 3.63) is 0 Å². The number of nitrogens with two attached hydrogens (primary N) is 2. The van der Waals surface area contributed by atoms with Gasteiger partial charge in [0.15, 0.2) is 0 Å². The molecule has 326 valence electrons. The number of nitrogens with one attached hydrogen (secondary N) is 7. The van der Waals surface area contributed by atoms with E-state index in [2.05, 4.69) is 16.0 Å². The maximum Gasteiger partial charge on any atom is 0.326 e. The lowest BCUT2D eigenvalue weighted by Crippen LogP contribution is -2.58. The second kappa shape index (κ2) is 27.2. The number of unbranched alkanes of at least 4 members (excludes halogenated alkanes) is 1. The van der Waals surface area contributed by atoms with Crippen molar-refractivity contribution in [3.63, 3.8) is 0 Å². The molecule has 0 saturated carbocycles. The van der Waals surface area contributed by atoms with Crippen LogP contribution < -0.4 is 48.7 Å². The Morgan fingerprint density at radius 2 is 0.897 bits per heavy atom. The summed E-state index contributed by atoms with van der Waals surface area (Å²) in [7, 11) is 0. The fourth-order valence-corrected chi connectivity index (χ4v) is 4.58. The Morgan fingerprint density at radius 3 is 1.34 bits per heavy atom. The van der Waals surface area contributed by atoms with E-state index in [9.17, 15) is 72.9 Å². The molecule has 6 unspecified atom stereocenters. The van der Waals surface area contributed by atoms with Crippen LogP contribution in [0.1, 0.15) is 57.8 Å². The molecule has 0 aromatic heterocycles. The Labute approximate surface area is 328 Å². The summed E-state index contributed by atoms with van der Waals surface area (Å²) in [5.41, 5.74) is 10.8. The maximum absolute atomic E-state index is 13.2. The van der Waals surface area contributed by atoms with Crippen LogP contribution in [0.4, 0.5) is 0 Å². The van der Waals surface area contributed by atoms with Crippen molar-refractivity contribution in [1.29, 1.82) is 0 Å². The largest absolute Gasteiger partial charge is 0.481 e. The number of aliphatic hydroxyl groups is 1. The van der Waals surface area contributed by atoms with Gasteiger partial charge in [-0.1, -0.05) is 0 Å². The highest BCUT2D eigenvalue weighted by molar-refractivity contribution is 5.97. The molecule has 0 aromatic carbocycles. The summed E-state index contributed by atoms with van der Waals surface area (Å²) in [5.74, 6) is -15.7. The normalized spacial score (nSPS) is 13.7. The number of carboxylic acid groups (broad SMARTS) is 5. The lowest BCUT2D eigenvalue weighted by atomic mass is 10.1. The molecule has 7 amide bonds. The smallest absolute Gasteiger partial charge is 0.326 e. The van der Waals surface area contributed by atoms with Gasteiger partial charge in [-0.05, 0) is 38.6 Å². The number of carboxylic acids is 5. The van der Waals surface area contributed by atoms with E-state index in [0.717, 1.165) is 0 Å². The van der Waals surface area contributed by atoms with Crippen LogP contribution in [0.15, 0.2) is 0 Å². The minimum atomic E-state index is -2.04. The molecule has 0 fully saturated rings. The van der Waals surface area contributed by atoms with E-state index in [1.165, 1.54) is 0 Å². The molecule has 6 atom stereocenters. The number of rotatable bonds is 30. The summed E-state index contributed by atoms with van der Waals surface area (Å²) in [6, 6.07) is -10.3. The van der Waals surface area contributed by atoms with Crippen LogP contribution in [0.25, 0.3) is 0 Å². The first-order valence-electron chi connectivity index (χ1n) is 17.3. The molecule has 0 aromatic rings. The number of carbonyl (C=O) groups is 12. The van der Waals surface area contributed by atoms with E-state index in [1.807, 2.05) is 21.3 Å². The second-order valence-electron chi connectivity index (χ2n) is 12.3. The lowest BCUT2D eigenvalue weighted by Gasteiger charge is -2.25. The van der Waals surface area contributed by atoms with E-state index in [-0.39, 0.29) is 19.4 Å². The van der Waals surface area contributed by atoms with Crippen molar-refractivity contribution in [2.24, 2.45) is 11.5 Å². The molecular weight excluding hydrogens is 786 g/mol. The predicted molar refractivity (Wildman–Crippen MR) is 190 cm³/mol. The number of amides is 7. The number of hydrogen-bond donors (Lipinski definition) is 15. The summed E-state index contributed by atoms with van der Waals surface area (Å²) in [5, 5.41) is 69.8. The van der Waals surface area contributed by atoms with Crippen molar-refractivity contribution in [2.45, 2.75) is 94.0 Å². The van der Waals surface area contributed by atoms with E-state index in [4.69, 9.17) is 26.8 Å². The van der Waals surface area contributed by atoms with Gasteiger partial charge in [-0.15, -0.1) is 0 Å². The first-order valence-corrected chi connectivity index (χ1v) is 17.3. The molecular formula is C31H49N9O18. The fourth-order valence-electron chi connectivity index (χ4n) is 4.58. The fraction of sp³-hybridized carbons (Fsp3) is 0.613. The van der Waals surface area contributed by atoms with E-state index < -0.39 is 166 Å². The van der Waals surface area contributed by atoms with Crippen LogP contribution >= 0.6 is 0 Å². The molecule has 0 spiro atoms. The highest BCUT2D eigenvalue weighted by Gasteiger charge is 2.33. The van der Waals surface area contributed by atoms with Crippen LogP contribution in [0.5, 0.6) is 0 Å². The standard InChI is InChI=1S/C31H49N9O18/c32-8-2-1-3-17(31(57)58)39-29(55)16(5-7-23(46)47)38-30(56)18(10-25(50)51)40-28(54)15(4-6-22(44)45)36-20(42)12-35-27(53)19(13-41)37-21(43)11-34-26(52)14(33)9-24(48)49/h14-19,41H,1-13,32-33H2,(H,34,52)(H,35,53)(H,36,42)(H,37,43)(H,38,56)(H,39,55)(H,40,54)(H,44,45)(H,46,47)(H,48,49)(H,50,51)(H,57,58). The third kappa shape index (κ3) is 22.2. The first kappa shape index (κ1) is 51.5. The third-order valence-corrected chi connectivity index (χ3v) is 7.56. The molecule has 0 heterocycles. The van der Waals surface area contributed by atoms with Gasteiger partial charge >= 0.3 is 29.8 Å². The Balaban J connectivity index is 5.82. The average Bonchev–Trinajstić information content (AvgIpc) is 3.13. The van der Waals surface area contributed by atoms with Gasteiger partial charge in [0.1, 0.15) is 30.2 Å². The summed E-state index contributed by atoms with van der Waals surface area (Å²) >= 11 is 0. The molecule has 17 N–H and O–H groups in total. The molecule has 0 rings (SSSR count). The van der Waals surface area contributed by atoms with E-state index in [0.29, 0.717) is 6.42 Å². The highest BCUT2D eigenvalue weighted by atomic mass is 16.4. The molecule has 27 heteroatoms. The molecule has 0 saturated heterocycles. The Hall–Kier alpha value is -6.48. The summed E-state index contributed by atoms with van der Waals surface area (Å²) in [6.07, 6.45) is -4.09. The molecule has 0 aliphatic rings. The summed E-state index contributed by atoms with van der Waals surface area (Å²) < 4.78 is 0. The minimum absolute atomic E-state index is 0.0864. The van der Waals surface area contributed by atoms with Crippen molar-refractivity contribution in [1.82, 2.24) is 37.2 Å². The maximum atomic E-state index is 13.2. The van der Waals surface area contributed by atoms with Crippen LogP contribution in [0, 0.1) is 0 Å². The molecule has 58 heavy (non-hydrogen) atoms. The molecule has 0 aliphatic heterocycles. The molecule has 0 aliphatic carbocycles.